The van der Waals surface area contributed by atoms with Crippen LogP contribution in [0, 0.1) is 24.6 Å². The van der Waals surface area contributed by atoms with Gasteiger partial charge >= 0.3 is 5.97 Å². The van der Waals surface area contributed by atoms with Crippen LogP contribution in [0.3, 0.4) is 0 Å². The average molecular weight is 511 g/mol. The minimum absolute atomic E-state index is 0.116. The van der Waals surface area contributed by atoms with Gasteiger partial charge in [-0.2, -0.15) is 0 Å². The van der Waals surface area contributed by atoms with Crippen molar-refractivity contribution in [3.63, 3.8) is 0 Å². The van der Waals surface area contributed by atoms with Crippen LogP contribution in [0.25, 0.3) is 6.08 Å². The monoisotopic (exact) mass is 510 g/mol. The van der Waals surface area contributed by atoms with Crippen LogP contribution in [0.5, 0.6) is 5.75 Å². The molecule has 0 radical (unpaired) electrons. The Kier molecular flexibility index (Phi) is 5.67. The third-order valence-electron chi connectivity index (χ3n) is 7.74. The highest BCUT2D eigenvalue weighted by atomic mass is 19.1. The molecule has 3 aromatic rings. The predicted molar refractivity (Wildman–Crippen MR) is 142 cm³/mol. The first-order chi connectivity index (χ1) is 18.3. The number of halogens is 1. The summed E-state index contributed by atoms with van der Waals surface area (Å²) in [6, 6.07) is 17.1. The van der Waals surface area contributed by atoms with Crippen LogP contribution in [0.1, 0.15) is 36.5 Å². The number of para-hydroxylation sites is 1. The number of hydrogen-bond donors (Lipinski definition) is 0. The molecule has 0 saturated carbocycles. The number of carbonyl (C=O) groups excluding carboxylic acids is 3. The van der Waals surface area contributed by atoms with Crippen molar-refractivity contribution in [3.05, 3.63) is 95.3 Å². The highest BCUT2D eigenvalue weighted by Gasteiger charge is 2.65. The van der Waals surface area contributed by atoms with Crippen LogP contribution in [-0.2, 0) is 14.4 Å². The van der Waals surface area contributed by atoms with Crippen molar-refractivity contribution in [3.8, 4) is 5.75 Å². The molecule has 3 aliphatic heterocycles. The summed E-state index contributed by atoms with van der Waals surface area (Å²) < 4.78 is 19.6. The van der Waals surface area contributed by atoms with Crippen LogP contribution in [0.4, 0.5) is 15.8 Å². The molecular formula is C31H27FN2O4. The Bertz CT molecular complexity index is 1500. The van der Waals surface area contributed by atoms with Gasteiger partial charge in [0.25, 0.3) is 0 Å². The number of imide groups is 1. The Morgan fingerprint density at radius 2 is 1.66 bits per heavy atom. The fraction of sp³-hybridized carbons (Fsp3) is 0.258. The quantitative estimate of drug-likeness (QED) is 0.272. The number of nitrogens with zero attached hydrogens (tertiary/aromatic N) is 2. The molecule has 2 amide bonds. The third-order valence-corrected chi connectivity index (χ3v) is 7.74. The van der Waals surface area contributed by atoms with Crippen LogP contribution in [0.2, 0.25) is 0 Å². The molecule has 0 unspecified atom stereocenters. The van der Waals surface area contributed by atoms with E-state index in [4.69, 9.17) is 4.74 Å². The first-order valence-electron chi connectivity index (χ1n) is 12.8. The minimum atomic E-state index is -1.02. The van der Waals surface area contributed by atoms with Crippen LogP contribution < -0.4 is 14.5 Å². The number of benzene rings is 3. The molecule has 0 aromatic heterocycles. The van der Waals surface area contributed by atoms with Gasteiger partial charge in [0.1, 0.15) is 17.6 Å². The van der Waals surface area contributed by atoms with Crippen molar-refractivity contribution in [2.24, 2.45) is 11.8 Å². The maximum Gasteiger partial charge on any atom is 0.335 e. The van der Waals surface area contributed by atoms with Gasteiger partial charge in [-0.15, -0.1) is 0 Å². The Hall–Kier alpha value is -4.26. The highest BCUT2D eigenvalue weighted by molar-refractivity contribution is 6.24. The molecule has 0 N–H and O–H groups in total. The second-order valence-corrected chi connectivity index (χ2v) is 10.4. The number of esters is 1. The van der Waals surface area contributed by atoms with Gasteiger partial charge in [-0.05, 0) is 65.9 Å². The normalized spacial score (nSPS) is 23.5. The highest BCUT2D eigenvalue weighted by Crippen LogP contribution is 2.49. The molecule has 2 fully saturated rings. The van der Waals surface area contributed by atoms with Gasteiger partial charge in [-0.3, -0.25) is 9.59 Å². The zero-order chi connectivity index (χ0) is 26.7. The summed E-state index contributed by atoms with van der Waals surface area (Å²) >= 11 is 0. The number of anilines is 2. The zero-order valence-corrected chi connectivity index (χ0v) is 21.3. The molecule has 3 aliphatic rings. The van der Waals surface area contributed by atoms with E-state index in [1.54, 1.807) is 0 Å². The van der Waals surface area contributed by atoms with Gasteiger partial charge in [0.05, 0.1) is 23.6 Å². The number of hydrogen-bond acceptors (Lipinski definition) is 5. The van der Waals surface area contributed by atoms with Crippen molar-refractivity contribution >= 4 is 35.2 Å². The van der Waals surface area contributed by atoms with Gasteiger partial charge in [-0.1, -0.05) is 56.3 Å². The summed E-state index contributed by atoms with van der Waals surface area (Å²) in [6.45, 7) is 5.97. The van der Waals surface area contributed by atoms with E-state index in [1.165, 1.54) is 24.3 Å². The van der Waals surface area contributed by atoms with E-state index in [0.29, 0.717) is 5.75 Å². The minimum Gasteiger partial charge on any atom is -0.425 e. The molecule has 0 bridgehead atoms. The molecule has 6 rings (SSSR count). The molecule has 2 saturated heterocycles. The lowest BCUT2D eigenvalue weighted by Crippen LogP contribution is -2.50. The molecule has 3 aromatic carbocycles. The van der Waals surface area contributed by atoms with Gasteiger partial charge in [0.15, 0.2) is 0 Å². The van der Waals surface area contributed by atoms with E-state index >= 15 is 0 Å². The van der Waals surface area contributed by atoms with Crippen molar-refractivity contribution in [2.45, 2.75) is 38.8 Å². The number of ether oxygens (including phenoxy) is 1. The second kappa shape index (κ2) is 8.94. The van der Waals surface area contributed by atoms with Crippen molar-refractivity contribution in [1.82, 2.24) is 0 Å². The maximum atomic E-state index is 14.0. The van der Waals surface area contributed by atoms with E-state index in [1.807, 2.05) is 80.3 Å². The Labute approximate surface area is 220 Å². The smallest absolute Gasteiger partial charge is 0.335 e. The molecule has 4 atom stereocenters. The van der Waals surface area contributed by atoms with E-state index < -0.39 is 47.5 Å². The zero-order valence-electron chi connectivity index (χ0n) is 21.3. The molecule has 192 valence electrons. The number of carbonyl (C=O) groups is 3. The van der Waals surface area contributed by atoms with E-state index in [-0.39, 0.29) is 11.6 Å². The summed E-state index contributed by atoms with van der Waals surface area (Å²) in [5.41, 5.74) is 3.79. The van der Waals surface area contributed by atoms with Crippen LogP contribution in [-0.4, -0.2) is 29.9 Å². The fourth-order valence-corrected chi connectivity index (χ4v) is 6.00. The van der Waals surface area contributed by atoms with E-state index in [0.717, 1.165) is 27.3 Å². The second-order valence-electron chi connectivity index (χ2n) is 10.4. The van der Waals surface area contributed by atoms with Gasteiger partial charge in [-0.25, -0.2) is 14.1 Å². The lowest BCUT2D eigenvalue weighted by molar-refractivity contribution is -0.139. The lowest BCUT2D eigenvalue weighted by Gasteiger charge is -2.36. The number of rotatable bonds is 4. The Morgan fingerprint density at radius 1 is 0.947 bits per heavy atom. The van der Waals surface area contributed by atoms with E-state index in [2.05, 4.69) is 0 Å². The molecule has 7 heteroatoms. The summed E-state index contributed by atoms with van der Waals surface area (Å²) in [5.74, 6) is -3.09. The molecule has 0 spiro atoms. The molecule has 3 heterocycles. The fourth-order valence-electron chi connectivity index (χ4n) is 6.00. The molecular weight excluding hydrogens is 483 g/mol. The third kappa shape index (κ3) is 3.64. The Morgan fingerprint density at radius 3 is 2.39 bits per heavy atom. The molecule has 0 aliphatic carbocycles. The first kappa shape index (κ1) is 24.1. The molecule has 38 heavy (non-hydrogen) atoms. The van der Waals surface area contributed by atoms with Gasteiger partial charge in [0.2, 0.25) is 11.8 Å². The van der Waals surface area contributed by atoms with Gasteiger partial charge < -0.3 is 9.64 Å². The summed E-state index contributed by atoms with van der Waals surface area (Å²) in [5, 5.41) is 0. The van der Waals surface area contributed by atoms with Gasteiger partial charge in [0, 0.05) is 5.69 Å². The summed E-state index contributed by atoms with van der Waals surface area (Å²) in [4.78, 5) is 44.6. The summed E-state index contributed by atoms with van der Waals surface area (Å²) in [6.07, 6.45) is 3.82. The number of aryl methyl sites for hydroxylation is 1. The van der Waals surface area contributed by atoms with E-state index in [9.17, 15) is 18.8 Å². The average Bonchev–Trinajstić information content (AvgIpc) is 3.37. The maximum absolute atomic E-state index is 14.0. The lowest BCUT2D eigenvalue weighted by atomic mass is 9.88. The van der Waals surface area contributed by atoms with Crippen molar-refractivity contribution < 1.29 is 23.5 Å². The van der Waals surface area contributed by atoms with Crippen molar-refractivity contribution in [1.29, 1.82) is 0 Å². The summed E-state index contributed by atoms with van der Waals surface area (Å²) in [7, 11) is 0. The standard InChI is InChI=1S/C31H27FN2O4/c1-17(2)22-14-8-18(3)16-25(22)38-31(37)28-27-26(24-15-9-19-6-4-5-7-23(19)34(24)28)29(35)33(30(27)36)21-12-10-20(32)11-13-21/h4-17,24,26-28H,1-3H3/t24-,26-,27+,28-/m0/s1. The largest absolute Gasteiger partial charge is 0.425 e. The number of amides is 2. The SMILES string of the molecule is Cc1ccc(C(C)C)c(OC(=O)[C@@H]2[C@@H]3C(=O)N(c4ccc(F)cc4)C(=O)[C@H]3[C@@H]3C=Cc4ccccc4N23)c1. The Balaban J connectivity index is 1.45. The predicted octanol–water partition coefficient (Wildman–Crippen LogP) is 5.25. The first-order valence-corrected chi connectivity index (χ1v) is 12.8. The molecule has 6 nitrogen and oxygen atoms in total. The number of fused-ring (bicyclic) bond motifs is 5. The van der Waals surface area contributed by atoms with Crippen LogP contribution >= 0.6 is 0 Å². The van der Waals surface area contributed by atoms with Crippen LogP contribution in [0.15, 0.2) is 72.8 Å². The van der Waals surface area contributed by atoms with Crippen molar-refractivity contribution in [2.75, 3.05) is 9.80 Å². The topological polar surface area (TPSA) is 66.9 Å².